The van der Waals surface area contributed by atoms with Gasteiger partial charge in [-0.3, -0.25) is 14.6 Å². The third kappa shape index (κ3) is 3.13. The zero-order valence-electron chi connectivity index (χ0n) is 13.0. The van der Waals surface area contributed by atoms with Crippen molar-refractivity contribution in [3.05, 3.63) is 30.5 Å². The lowest BCUT2D eigenvalue weighted by molar-refractivity contribution is 0.166. The molecule has 5 nitrogen and oxygen atoms in total. The van der Waals surface area contributed by atoms with Crippen molar-refractivity contribution in [2.45, 2.75) is 38.6 Å². The molecule has 0 radical (unpaired) electrons. The van der Waals surface area contributed by atoms with Crippen LogP contribution in [0.3, 0.4) is 0 Å². The first-order chi connectivity index (χ1) is 10.1. The van der Waals surface area contributed by atoms with Gasteiger partial charge in [-0.1, -0.05) is 0 Å². The molecule has 0 aromatic carbocycles. The van der Waals surface area contributed by atoms with E-state index in [0.29, 0.717) is 12.0 Å². The van der Waals surface area contributed by atoms with E-state index in [2.05, 4.69) is 33.8 Å². The van der Waals surface area contributed by atoms with Crippen LogP contribution in [0.15, 0.2) is 24.8 Å². The summed E-state index contributed by atoms with van der Waals surface area (Å²) in [6, 6.07) is 0.607. The average molecular weight is 285 g/mol. The number of aromatic nitrogens is 4. The van der Waals surface area contributed by atoms with Crippen LogP contribution in [-0.2, 0) is 7.05 Å². The summed E-state index contributed by atoms with van der Waals surface area (Å²) in [4.78, 5) is 11.8. The van der Waals surface area contributed by atoms with E-state index >= 15 is 0 Å². The van der Waals surface area contributed by atoms with Crippen LogP contribution in [-0.4, -0.2) is 43.8 Å². The fourth-order valence-electron chi connectivity index (χ4n) is 2.97. The number of piperidine rings is 1. The van der Waals surface area contributed by atoms with Crippen molar-refractivity contribution in [1.29, 1.82) is 0 Å². The highest BCUT2D eigenvalue weighted by molar-refractivity contribution is 5.55. The monoisotopic (exact) mass is 285 g/mol. The Kier molecular flexibility index (Phi) is 4.01. The summed E-state index contributed by atoms with van der Waals surface area (Å²) < 4.78 is 1.78. The smallest absolute Gasteiger partial charge is 0.0916 e. The first-order valence-corrected chi connectivity index (χ1v) is 7.68. The minimum absolute atomic E-state index is 0.511. The van der Waals surface area contributed by atoms with Gasteiger partial charge in [-0.15, -0.1) is 0 Å². The van der Waals surface area contributed by atoms with Gasteiger partial charge in [-0.25, -0.2) is 0 Å². The molecule has 1 aliphatic heterocycles. The van der Waals surface area contributed by atoms with Crippen LogP contribution in [0.2, 0.25) is 0 Å². The first kappa shape index (κ1) is 14.2. The van der Waals surface area contributed by atoms with Crippen molar-refractivity contribution in [3.8, 4) is 11.3 Å². The van der Waals surface area contributed by atoms with E-state index in [4.69, 9.17) is 0 Å². The average Bonchev–Trinajstić information content (AvgIpc) is 2.94. The molecular formula is C16H23N5. The van der Waals surface area contributed by atoms with Crippen LogP contribution >= 0.6 is 0 Å². The highest BCUT2D eigenvalue weighted by atomic mass is 15.2. The molecule has 21 heavy (non-hydrogen) atoms. The number of aryl methyl sites for hydroxylation is 1. The number of nitrogens with zero attached hydrogens (tertiary/aromatic N) is 5. The third-order valence-electron chi connectivity index (χ3n) is 4.27. The quantitative estimate of drug-likeness (QED) is 0.869. The van der Waals surface area contributed by atoms with Gasteiger partial charge in [-0.05, 0) is 33.2 Å². The maximum absolute atomic E-state index is 4.66. The zero-order valence-corrected chi connectivity index (χ0v) is 13.0. The predicted octanol–water partition coefficient (Wildman–Crippen LogP) is 2.46. The Balaban J connectivity index is 1.74. The topological polar surface area (TPSA) is 46.8 Å². The highest BCUT2D eigenvalue weighted by Gasteiger charge is 2.24. The van der Waals surface area contributed by atoms with Gasteiger partial charge in [0.2, 0.25) is 0 Å². The second-order valence-electron chi connectivity index (χ2n) is 6.16. The van der Waals surface area contributed by atoms with Gasteiger partial charge < -0.3 is 4.90 Å². The van der Waals surface area contributed by atoms with E-state index in [1.54, 1.807) is 4.68 Å². The summed E-state index contributed by atoms with van der Waals surface area (Å²) in [6.45, 7) is 6.83. The molecule has 112 valence electrons. The van der Waals surface area contributed by atoms with Gasteiger partial charge in [0.25, 0.3) is 0 Å². The van der Waals surface area contributed by atoms with Crippen LogP contribution < -0.4 is 0 Å². The van der Waals surface area contributed by atoms with Crippen LogP contribution in [0.5, 0.6) is 0 Å². The van der Waals surface area contributed by atoms with E-state index in [9.17, 15) is 0 Å². The molecule has 1 atom stereocenters. The Morgan fingerprint density at radius 3 is 2.67 bits per heavy atom. The summed E-state index contributed by atoms with van der Waals surface area (Å²) in [7, 11) is 1.91. The van der Waals surface area contributed by atoms with E-state index in [-0.39, 0.29) is 0 Å². The van der Waals surface area contributed by atoms with Crippen LogP contribution in [0.1, 0.15) is 38.3 Å². The zero-order chi connectivity index (χ0) is 14.8. The third-order valence-corrected chi connectivity index (χ3v) is 4.27. The maximum Gasteiger partial charge on any atom is 0.0916 e. The second-order valence-corrected chi connectivity index (χ2v) is 6.16. The predicted molar refractivity (Wildman–Crippen MR) is 82.9 cm³/mol. The number of likely N-dealkylation sites (tertiary alicyclic amines) is 1. The normalized spacial score (nSPS) is 20.1. The molecule has 3 rings (SSSR count). The van der Waals surface area contributed by atoms with Crippen molar-refractivity contribution in [2.75, 3.05) is 13.1 Å². The number of hydrogen-bond donors (Lipinski definition) is 0. The molecule has 2 aromatic rings. The molecule has 0 unspecified atom stereocenters. The molecule has 0 aliphatic carbocycles. The van der Waals surface area contributed by atoms with E-state index in [1.807, 2.05) is 31.8 Å². The Bertz CT molecular complexity index is 587. The van der Waals surface area contributed by atoms with Crippen molar-refractivity contribution in [3.63, 3.8) is 0 Å². The standard InChI is InChI=1S/C16H23N5/c1-12(2)21-6-4-5-13(11-21)15-8-18-16(9-17-15)14-7-19-20(3)10-14/h7-10,12-13H,4-6,11H2,1-3H3/t13-/m1/s1. The molecule has 3 heterocycles. The van der Waals surface area contributed by atoms with Crippen LogP contribution in [0.25, 0.3) is 11.3 Å². The second kappa shape index (κ2) is 5.93. The van der Waals surface area contributed by atoms with Crippen LogP contribution in [0, 0.1) is 0 Å². The van der Waals surface area contributed by atoms with Gasteiger partial charge in [0.1, 0.15) is 0 Å². The van der Waals surface area contributed by atoms with Crippen molar-refractivity contribution < 1.29 is 0 Å². The fourth-order valence-corrected chi connectivity index (χ4v) is 2.97. The SMILES string of the molecule is CC(C)N1CCC[C@@H](c2cnc(-c3cnn(C)c3)cn2)C1. The summed E-state index contributed by atoms with van der Waals surface area (Å²) >= 11 is 0. The molecular weight excluding hydrogens is 262 g/mol. The summed E-state index contributed by atoms with van der Waals surface area (Å²) in [6.07, 6.45) is 10.1. The minimum Gasteiger partial charge on any atom is -0.300 e. The van der Waals surface area contributed by atoms with Crippen molar-refractivity contribution in [1.82, 2.24) is 24.6 Å². The molecule has 0 amide bonds. The Labute approximate surface area is 126 Å². The fraction of sp³-hybridized carbons (Fsp3) is 0.562. The molecule has 0 saturated carbocycles. The number of hydrogen-bond acceptors (Lipinski definition) is 4. The Morgan fingerprint density at radius 1 is 1.19 bits per heavy atom. The molecule has 1 saturated heterocycles. The first-order valence-electron chi connectivity index (χ1n) is 7.68. The summed E-state index contributed by atoms with van der Waals surface area (Å²) in [5.41, 5.74) is 3.03. The molecule has 2 aromatic heterocycles. The van der Waals surface area contributed by atoms with E-state index in [0.717, 1.165) is 23.5 Å². The van der Waals surface area contributed by atoms with Gasteiger partial charge in [0, 0.05) is 43.5 Å². The lowest BCUT2D eigenvalue weighted by Gasteiger charge is -2.35. The van der Waals surface area contributed by atoms with Crippen molar-refractivity contribution >= 4 is 0 Å². The van der Waals surface area contributed by atoms with Crippen LogP contribution in [0.4, 0.5) is 0 Å². The maximum atomic E-state index is 4.66. The molecule has 5 heteroatoms. The van der Waals surface area contributed by atoms with E-state index in [1.165, 1.54) is 19.4 Å². The Hall–Kier alpha value is -1.75. The van der Waals surface area contributed by atoms with Gasteiger partial charge in [0.15, 0.2) is 0 Å². The van der Waals surface area contributed by atoms with Gasteiger partial charge in [0.05, 0.1) is 23.8 Å². The lowest BCUT2D eigenvalue weighted by atomic mass is 9.94. The largest absolute Gasteiger partial charge is 0.300 e. The molecule has 1 fully saturated rings. The van der Waals surface area contributed by atoms with Gasteiger partial charge >= 0.3 is 0 Å². The molecule has 0 spiro atoms. The summed E-state index contributed by atoms with van der Waals surface area (Å²) in [5.74, 6) is 0.511. The summed E-state index contributed by atoms with van der Waals surface area (Å²) in [5, 5.41) is 4.18. The molecule has 0 N–H and O–H groups in total. The van der Waals surface area contributed by atoms with Crippen molar-refractivity contribution in [2.24, 2.45) is 7.05 Å². The Morgan fingerprint density at radius 2 is 2.05 bits per heavy atom. The highest BCUT2D eigenvalue weighted by Crippen LogP contribution is 2.27. The lowest BCUT2D eigenvalue weighted by Crippen LogP contribution is -2.39. The minimum atomic E-state index is 0.511. The van der Waals surface area contributed by atoms with Gasteiger partial charge in [-0.2, -0.15) is 5.10 Å². The molecule has 0 bridgehead atoms. The number of rotatable bonds is 3. The molecule has 1 aliphatic rings. The van der Waals surface area contributed by atoms with E-state index < -0.39 is 0 Å².